The summed E-state index contributed by atoms with van der Waals surface area (Å²) in [5.74, 6) is 1.29. The van der Waals surface area contributed by atoms with Crippen molar-refractivity contribution in [2.45, 2.75) is 13.5 Å². The second-order valence-corrected chi connectivity index (χ2v) is 3.93. The number of aliphatic carboxylic acids is 1. The molecule has 0 aliphatic heterocycles. The average Bonchev–Trinajstić information content (AvgIpc) is 2.30. The molecule has 17 heavy (non-hydrogen) atoms. The van der Waals surface area contributed by atoms with Crippen LogP contribution in [0.15, 0.2) is 24.4 Å². The molecule has 1 aromatic heterocycles. The highest BCUT2D eigenvalue weighted by Crippen LogP contribution is 2.05. The molecule has 1 unspecified atom stereocenters. The van der Waals surface area contributed by atoms with E-state index in [-0.39, 0.29) is 0 Å². The molecule has 0 aromatic carbocycles. The summed E-state index contributed by atoms with van der Waals surface area (Å²) in [5, 5.41) is 8.87. The van der Waals surface area contributed by atoms with Gasteiger partial charge in [-0.15, -0.1) is 6.42 Å². The quantitative estimate of drug-likeness (QED) is 0.750. The lowest BCUT2D eigenvalue weighted by Crippen LogP contribution is -2.32. The maximum Gasteiger partial charge on any atom is 0.307 e. The summed E-state index contributed by atoms with van der Waals surface area (Å²) < 4.78 is 0. The van der Waals surface area contributed by atoms with Crippen molar-refractivity contribution in [3.05, 3.63) is 30.1 Å². The first-order valence-corrected chi connectivity index (χ1v) is 5.42. The van der Waals surface area contributed by atoms with E-state index in [0.29, 0.717) is 19.6 Å². The summed E-state index contributed by atoms with van der Waals surface area (Å²) in [5.41, 5.74) is 0.889. The van der Waals surface area contributed by atoms with Crippen LogP contribution < -0.4 is 0 Å². The van der Waals surface area contributed by atoms with Crippen molar-refractivity contribution >= 4 is 5.97 Å². The van der Waals surface area contributed by atoms with Crippen LogP contribution in [0.1, 0.15) is 12.6 Å². The van der Waals surface area contributed by atoms with Crippen molar-refractivity contribution < 1.29 is 9.90 Å². The normalized spacial score (nSPS) is 12.1. The van der Waals surface area contributed by atoms with Gasteiger partial charge < -0.3 is 5.11 Å². The minimum atomic E-state index is -0.812. The van der Waals surface area contributed by atoms with Crippen LogP contribution in [0.5, 0.6) is 0 Å². The number of pyridine rings is 1. The van der Waals surface area contributed by atoms with Gasteiger partial charge in [-0.05, 0) is 12.1 Å². The smallest absolute Gasteiger partial charge is 0.307 e. The molecule has 4 nitrogen and oxygen atoms in total. The molecule has 1 N–H and O–H groups in total. The predicted molar refractivity (Wildman–Crippen MR) is 65.1 cm³/mol. The first-order valence-electron chi connectivity index (χ1n) is 5.42. The summed E-state index contributed by atoms with van der Waals surface area (Å²) in [6.07, 6.45) is 6.99. The summed E-state index contributed by atoms with van der Waals surface area (Å²) >= 11 is 0. The standard InChI is InChI=1S/C13H16N2O2/c1-3-8-15(9-11(2)13(16)17)10-12-6-4-5-7-14-12/h1,4-7,11H,8-10H2,2H3,(H,16,17). The Morgan fingerprint density at radius 2 is 2.41 bits per heavy atom. The Morgan fingerprint density at radius 1 is 1.65 bits per heavy atom. The van der Waals surface area contributed by atoms with Crippen LogP contribution in [0.4, 0.5) is 0 Å². The van der Waals surface area contributed by atoms with Crippen molar-refractivity contribution in [1.29, 1.82) is 0 Å². The molecule has 0 fully saturated rings. The predicted octanol–water partition coefficient (Wildman–Crippen LogP) is 1.24. The Bertz CT molecular complexity index is 398. The lowest BCUT2D eigenvalue weighted by molar-refractivity contribution is -0.141. The Labute approximate surface area is 101 Å². The van der Waals surface area contributed by atoms with Gasteiger partial charge in [0.2, 0.25) is 0 Å². The van der Waals surface area contributed by atoms with Crippen LogP contribution in [0.25, 0.3) is 0 Å². The number of rotatable bonds is 6. The van der Waals surface area contributed by atoms with Gasteiger partial charge >= 0.3 is 5.97 Å². The monoisotopic (exact) mass is 232 g/mol. The number of terminal acetylenes is 1. The molecule has 0 bridgehead atoms. The van der Waals surface area contributed by atoms with Gasteiger partial charge in [0.25, 0.3) is 0 Å². The highest BCUT2D eigenvalue weighted by molar-refractivity contribution is 5.69. The van der Waals surface area contributed by atoms with Crippen molar-refractivity contribution in [1.82, 2.24) is 9.88 Å². The van der Waals surface area contributed by atoms with Gasteiger partial charge in [0, 0.05) is 19.3 Å². The van der Waals surface area contributed by atoms with E-state index in [4.69, 9.17) is 11.5 Å². The van der Waals surface area contributed by atoms with Crippen LogP contribution in [0.3, 0.4) is 0 Å². The number of aromatic nitrogens is 1. The van der Waals surface area contributed by atoms with Crippen molar-refractivity contribution in [3.8, 4) is 12.3 Å². The van der Waals surface area contributed by atoms with Gasteiger partial charge in [0.15, 0.2) is 0 Å². The molecule has 1 aromatic rings. The van der Waals surface area contributed by atoms with E-state index in [2.05, 4.69) is 10.9 Å². The SMILES string of the molecule is C#CCN(Cc1ccccn1)CC(C)C(=O)O. The molecule has 0 amide bonds. The highest BCUT2D eigenvalue weighted by Gasteiger charge is 2.15. The summed E-state index contributed by atoms with van der Waals surface area (Å²) in [7, 11) is 0. The summed E-state index contributed by atoms with van der Waals surface area (Å²) in [6, 6.07) is 5.64. The van der Waals surface area contributed by atoms with Crippen molar-refractivity contribution in [2.75, 3.05) is 13.1 Å². The minimum Gasteiger partial charge on any atom is -0.481 e. The van der Waals surface area contributed by atoms with E-state index >= 15 is 0 Å². The first-order chi connectivity index (χ1) is 8.13. The minimum absolute atomic E-state index is 0.425. The number of hydrogen-bond acceptors (Lipinski definition) is 3. The molecule has 0 aliphatic rings. The molecular formula is C13H16N2O2. The molecule has 90 valence electrons. The molecule has 0 radical (unpaired) electrons. The van der Waals surface area contributed by atoms with E-state index in [1.54, 1.807) is 13.1 Å². The first kappa shape index (κ1) is 13.2. The third-order valence-electron chi connectivity index (χ3n) is 2.38. The molecule has 0 saturated carbocycles. The van der Waals surface area contributed by atoms with E-state index in [0.717, 1.165) is 5.69 Å². The summed E-state index contributed by atoms with van der Waals surface area (Å²) in [4.78, 5) is 16.9. The third kappa shape index (κ3) is 4.66. The largest absolute Gasteiger partial charge is 0.481 e. The number of carbonyl (C=O) groups is 1. The lowest BCUT2D eigenvalue weighted by Gasteiger charge is -2.21. The Hall–Kier alpha value is -1.86. The zero-order valence-electron chi connectivity index (χ0n) is 9.84. The second-order valence-electron chi connectivity index (χ2n) is 3.93. The topological polar surface area (TPSA) is 53.4 Å². The molecule has 4 heteroatoms. The second kappa shape index (κ2) is 6.66. The number of carboxylic acids is 1. The molecular weight excluding hydrogens is 216 g/mol. The van der Waals surface area contributed by atoms with Gasteiger partial charge in [0.05, 0.1) is 18.2 Å². The Kier molecular flexibility index (Phi) is 5.18. The maximum atomic E-state index is 10.8. The van der Waals surface area contributed by atoms with E-state index in [9.17, 15) is 4.79 Å². The van der Waals surface area contributed by atoms with Gasteiger partial charge in [-0.2, -0.15) is 0 Å². The van der Waals surface area contributed by atoms with Crippen LogP contribution in [0.2, 0.25) is 0 Å². The average molecular weight is 232 g/mol. The van der Waals surface area contributed by atoms with E-state index in [1.165, 1.54) is 0 Å². The molecule has 1 rings (SSSR count). The van der Waals surface area contributed by atoms with Crippen LogP contribution in [-0.2, 0) is 11.3 Å². The Morgan fingerprint density at radius 3 is 2.94 bits per heavy atom. The van der Waals surface area contributed by atoms with Gasteiger partial charge in [-0.3, -0.25) is 14.7 Å². The fourth-order valence-corrected chi connectivity index (χ4v) is 1.50. The van der Waals surface area contributed by atoms with Crippen LogP contribution >= 0.6 is 0 Å². The summed E-state index contributed by atoms with van der Waals surface area (Å²) in [6.45, 7) is 3.09. The van der Waals surface area contributed by atoms with Crippen molar-refractivity contribution in [2.24, 2.45) is 5.92 Å². The maximum absolute atomic E-state index is 10.8. The molecule has 1 atom stereocenters. The zero-order chi connectivity index (χ0) is 12.7. The third-order valence-corrected chi connectivity index (χ3v) is 2.38. The molecule has 0 spiro atoms. The van der Waals surface area contributed by atoms with Gasteiger partial charge in [-0.1, -0.05) is 18.9 Å². The van der Waals surface area contributed by atoms with Gasteiger partial charge in [0.1, 0.15) is 0 Å². The number of carboxylic acid groups (broad SMARTS) is 1. The molecule has 0 aliphatic carbocycles. The lowest BCUT2D eigenvalue weighted by atomic mass is 10.1. The fourth-order valence-electron chi connectivity index (χ4n) is 1.50. The number of hydrogen-bond donors (Lipinski definition) is 1. The van der Waals surface area contributed by atoms with E-state index < -0.39 is 11.9 Å². The number of nitrogens with zero attached hydrogens (tertiary/aromatic N) is 2. The molecule has 0 saturated heterocycles. The van der Waals surface area contributed by atoms with Crippen LogP contribution in [0, 0.1) is 18.3 Å². The fraction of sp³-hybridized carbons (Fsp3) is 0.385. The van der Waals surface area contributed by atoms with Crippen LogP contribution in [-0.4, -0.2) is 34.0 Å². The van der Waals surface area contributed by atoms with E-state index in [1.807, 2.05) is 23.1 Å². The Balaban J connectivity index is 2.61. The zero-order valence-corrected chi connectivity index (χ0v) is 9.84. The molecule has 1 heterocycles. The van der Waals surface area contributed by atoms with Gasteiger partial charge in [-0.25, -0.2) is 0 Å². The highest BCUT2D eigenvalue weighted by atomic mass is 16.4. The van der Waals surface area contributed by atoms with Crippen molar-refractivity contribution in [3.63, 3.8) is 0 Å².